The quantitative estimate of drug-likeness (QED) is 0.633. The van der Waals surface area contributed by atoms with Crippen LogP contribution in [0.3, 0.4) is 0 Å². The van der Waals surface area contributed by atoms with Gasteiger partial charge in [-0.05, 0) is 42.3 Å². The molecule has 2 aromatic rings. The highest BCUT2D eigenvalue weighted by atomic mass is 79.9. The van der Waals surface area contributed by atoms with E-state index in [1.807, 2.05) is 18.2 Å². The second kappa shape index (κ2) is 7.60. The molecule has 1 atom stereocenters. The lowest BCUT2D eigenvalue weighted by Gasteiger charge is -2.22. The van der Waals surface area contributed by atoms with Crippen molar-refractivity contribution in [1.82, 2.24) is 5.32 Å². The van der Waals surface area contributed by atoms with Gasteiger partial charge in [-0.1, -0.05) is 74.7 Å². The first-order chi connectivity index (χ1) is 9.63. The van der Waals surface area contributed by atoms with Gasteiger partial charge in [0.1, 0.15) is 0 Å². The summed E-state index contributed by atoms with van der Waals surface area (Å²) < 4.78 is 2.13. The fraction of sp³-hybridized carbons (Fsp3) is 0.250. The van der Waals surface area contributed by atoms with Gasteiger partial charge in [0.25, 0.3) is 0 Å². The molecule has 0 fully saturated rings. The molecule has 4 heteroatoms. The maximum Gasteiger partial charge on any atom is 0.0602 e. The molecule has 106 valence electrons. The van der Waals surface area contributed by atoms with Gasteiger partial charge in [-0.2, -0.15) is 0 Å². The highest BCUT2D eigenvalue weighted by molar-refractivity contribution is 9.11. The number of benzene rings is 2. The van der Waals surface area contributed by atoms with Crippen molar-refractivity contribution in [3.63, 3.8) is 0 Å². The molecule has 0 aliphatic carbocycles. The summed E-state index contributed by atoms with van der Waals surface area (Å²) >= 11 is 13.5. The fourth-order valence-electron chi connectivity index (χ4n) is 2.12. The molecule has 1 unspecified atom stereocenters. The molecule has 2 aromatic carbocycles. The summed E-state index contributed by atoms with van der Waals surface area (Å²) in [6.07, 6.45) is 1.08. The van der Waals surface area contributed by atoms with Crippen LogP contribution >= 0.6 is 43.5 Å². The smallest absolute Gasteiger partial charge is 0.0602 e. The molecule has 2 rings (SSSR count). The number of halogens is 3. The highest BCUT2D eigenvalue weighted by Gasteiger charge is 2.18. The van der Waals surface area contributed by atoms with Crippen LogP contribution in [0.1, 0.15) is 30.5 Å². The lowest BCUT2D eigenvalue weighted by molar-refractivity contribution is 0.597. The van der Waals surface area contributed by atoms with Crippen molar-refractivity contribution < 1.29 is 0 Å². The van der Waals surface area contributed by atoms with Crippen LogP contribution in [-0.2, 0) is 0 Å². The van der Waals surface area contributed by atoms with Crippen LogP contribution in [0.5, 0.6) is 0 Å². The number of nitrogens with one attached hydrogen (secondary N) is 1. The van der Waals surface area contributed by atoms with Crippen LogP contribution in [0.2, 0.25) is 5.02 Å². The molecular weight excluding hydrogens is 401 g/mol. The Morgan fingerprint density at radius 3 is 2.50 bits per heavy atom. The summed E-state index contributed by atoms with van der Waals surface area (Å²) in [7, 11) is 0. The van der Waals surface area contributed by atoms with Crippen molar-refractivity contribution in [2.75, 3.05) is 6.54 Å². The van der Waals surface area contributed by atoms with E-state index >= 15 is 0 Å². The predicted molar refractivity (Wildman–Crippen MR) is 93.4 cm³/mol. The Kier molecular flexibility index (Phi) is 6.09. The molecule has 0 spiro atoms. The number of rotatable bonds is 5. The molecule has 0 aromatic heterocycles. The first kappa shape index (κ1) is 16.0. The van der Waals surface area contributed by atoms with Gasteiger partial charge in [0, 0.05) is 14.0 Å². The second-order valence-electron chi connectivity index (χ2n) is 4.57. The third kappa shape index (κ3) is 3.85. The molecular formula is C16H16Br2ClN. The minimum absolute atomic E-state index is 0.0890. The van der Waals surface area contributed by atoms with Gasteiger partial charge in [0.2, 0.25) is 0 Å². The Balaban J connectivity index is 2.44. The van der Waals surface area contributed by atoms with Crippen molar-refractivity contribution in [2.24, 2.45) is 0 Å². The molecule has 0 heterocycles. The zero-order chi connectivity index (χ0) is 14.5. The SMILES string of the molecule is CCCNC(c1ccccc1Cl)c1ccc(Br)cc1Br. The van der Waals surface area contributed by atoms with Crippen molar-refractivity contribution in [3.8, 4) is 0 Å². The molecule has 1 N–H and O–H groups in total. The summed E-state index contributed by atoms with van der Waals surface area (Å²) in [4.78, 5) is 0. The molecule has 20 heavy (non-hydrogen) atoms. The molecule has 0 amide bonds. The Hall–Kier alpha value is -0.350. The van der Waals surface area contributed by atoms with Gasteiger partial charge in [-0.3, -0.25) is 0 Å². The van der Waals surface area contributed by atoms with E-state index in [0.29, 0.717) is 0 Å². The molecule has 1 nitrogen and oxygen atoms in total. The predicted octanol–water partition coefficient (Wildman–Crippen LogP) is 5.95. The van der Waals surface area contributed by atoms with Crippen LogP contribution in [0.25, 0.3) is 0 Å². The second-order valence-corrected chi connectivity index (χ2v) is 6.75. The fourth-order valence-corrected chi connectivity index (χ4v) is 3.64. The Morgan fingerprint density at radius 2 is 1.85 bits per heavy atom. The zero-order valence-electron chi connectivity index (χ0n) is 11.2. The van der Waals surface area contributed by atoms with E-state index in [9.17, 15) is 0 Å². The van der Waals surface area contributed by atoms with E-state index in [4.69, 9.17) is 11.6 Å². The topological polar surface area (TPSA) is 12.0 Å². The summed E-state index contributed by atoms with van der Waals surface area (Å²) in [5, 5.41) is 4.36. The average molecular weight is 418 g/mol. The van der Waals surface area contributed by atoms with Gasteiger partial charge in [0.05, 0.1) is 6.04 Å². The minimum Gasteiger partial charge on any atom is -0.306 e. The van der Waals surface area contributed by atoms with E-state index in [1.165, 1.54) is 5.56 Å². The monoisotopic (exact) mass is 415 g/mol. The van der Waals surface area contributed by atoms with Gasteiger partial charge in [0.15, 0.2) is 0 Å². The summed E-state index contributed by atoms with van der Waals surface area (Å²) in [6.45, 7) is 3.10. The third-order valence-corrected chi connectivity index (χ3v) is 4.61. The van der Waals surface area contributed by atoms with E-state index in [1.54, 1.807) is 0 Å². The van der Waals surface area contributed by atoms with Crippen LogP contribution in [0, 0.1) is 0 Å². The first-order valence-corrected chi connectivity index (χ1v) is 8.52. The Bertz CT molecular complexity index is 586. The summed E-state index contributed by atoms with van der Waals surface area (Å²) in [6, 6.07) is 14.3. The van der Waals surface area contributed by atoms with Crippen LogP contribution in [-0.4, -0.2) is 6.54 Å². The summed E-state index contributed by atoms with van der Waals surface area (Å²) in [5.41, 5.74) is 2.29. The van der Waals surface area contributed by atoms with Gasteiger partial charge >= 0.3 is 0 Å². The van der Waals surface area contributed by atoms with Crippen molar-refractivity contribution in [1.29, 1.82) is 0 Å². The molecule has 0 aliphatic rings. The molecule has 0 radical (unpaired) electrons. The normalized spacial score (nSPS) is 12.4. The van der Waals surface area contributed by atoms with Gasteiger partial charge in [-0.15, -0.1) is 0 Å². The molecule has 0 aliphatic heterocycles. The van der Waals surface area contributed by atoms with E-state index < -0.39 is 0 Å². The maximum atomic E-state index is 6.37. The number of hydrogen-bond acceptors (Lipinski definition) is 1. The third-order valence-electron chi connectivity index (χ3n) is 3.09. The zero-order valence-corrected chi connectivity index (χ0v) is 15.1. The highest BCUT2D eigenvalue weighted by Crippen LogP contribution is 2.33. The Labute approximate surface area is 142 Å². The van der Waals surface area contributed by atoms with Gasteiger partial charge in [-0.25, -0.2) is 0 Å². The Morgan fingerprint density at radius 1 is 1.10 bits per heavy atom. The lowest BCUT2D eigenvalue weighted by Crippen LogP contribution is -2.23. The van der Waals surface area contributed by atoms with Gasteiger partial charge < -0.3 is 5.32 Å². The average Bonchev–Trinajstić information content (AvgIpc) is 2.42. The standard InChI is InChI=1S/C16H16Br2ClN/c1-2-9-20-16(13-5-3-4-6-15(13)19)12-8-7-11(17)10-14(12)18/h3-8,10,16,20H,2,9H2,1H3. The van der Waals surface area contributed by atoms with Crippen molar-refractivity contribution in [3.05, 3.63) is 67.6 Å². The molecule has 0 saturated carbocycles. The first-order valence-electron chi connectivity index (χ1n) is 6.56. The van der Waals surface area contributed by atoms with Crippen LogP contribution in [0.15, 0.2) is 51.4 Å². The van der Waals surface area contributed by atoms with Crippen LogP contribution < -0.4 is 5.32 Å². The maximum absolute atomic E-state index is 6.37. The van der Waals surface area contributed by atoms with Crippen LogP contribution in [0.4, 0.5) is 0 Å². The molecule has 0 saturated heterocycles. The van der Waals surface area contributed by atoms with E-state index in [0.717, 1.165) is 32.5 Å². The van der Waals surface area contributed by atoms with E-state index in [-0.39, 0.29) is 6.04 Å². The van der Waals surface area contributed by atoms with Crippen molar-refractivity contribution >= 4 is 43.5 Å². The minimum atomic E-state index is 0.0890. The van der Waals surface area contributed by atoms with E-state index in [2.05, 4.69) is 68.4 Å². The van der Waals surface area contributed by atoms with Crippen molar-refractivity contribution in [2.45, 2.75) is 19.4 Å². The largest absolute Gasteiger partial charge is 0.306 e. The summed E-state index contributed by atoms with van der Waals surface area (Å²) in [5.74, 6) is 0. The number of hydrogen-bond donors (Lipinski definition) is 1. The lowest BCUT2D eigenvalue weighted by atomic mass is 9.98. The molecule has 0 bridgehead atoms.